The molecule has 1 heterocycles. The van der Waals surface area contributed by atoms with Gasteiger partial charge in [-0.15, -0.1) is 0 Å². The summed E-state index contributed by atoms with van der Waals surface area (Å²) < 4.78 is 7.16. The lowest BCUT2D eigenvalue weighted by Gasteiger charge is -2.09. The van der Waals surface area contributed by atoms with Crippen molar-refractivity contribution in [1.29, 1.82) is 5.26 Å². The molecule has 0 N–H and O–H groups in total. The van der Waals surface area contributed by atoms with Gasteiger partial charge in [0.25, 0.3) is 0 Å². The SMILES string of the molecule is CCc1cc(-c2nc(C)c(C#N)n2C)ccc1OC. The number of hydrogen-bond acceptors (Lipinski definition) is 3. The van der Waals surface area contributed by atoms with E-state index in [0.717, 1.165) is 34.8 Å². The fourth-order valence-corrected chi connectivity index (χ4v) is 2.24. The van der Waals surface area contributed by atoms with E-state index in [2.05, 4.69) is 24.0 Å². The highest BCUT2D eigenvalue weighted by Gasteiger charge is 2.14. The smallest absolute Gasteiger partial charge is 0.143 e. The Hall–Kier alpha value is -2.28. The highest BCUT2D eigenvalue weighted by molar-refractivity contribution is 5.61. The molecular formula is C15H17N3O. The van der Waals surface area contributed by atoms with Crippen molar-refractivity contribution < 1.29 is 4.74 Å². The molecule has 0 atom stereocenters. The predicted molar refractivity (Wildman–Crippen MR) is 74.0 cm³/mol. The molecule has 0 bridgehead atoms. The van der Waals surface area contributed by atoms with E-state index >= 15 is 0 Å². The maximum atomic E-state index is 9.11. The fraction of sp³-hybridized carbons (Fsp3) is 0.333. The molecule has 0 radical (unpaired) electrons. The van der Waals surface area contributed by atoms with E-state index in [9.17, 15) is 0 Å². The van der Waals surface area contributed by atoms with E-state index in [0.29, 0.717) is 5.69 Å². The largest absolute Gasteiger partial charge is 0.496 e. The Morgan fingerprint density at radius 3 is 2.68 bits per heavy atom. The average Bonchev–Trinajstić information content (AvgIpc) is 2.72. The van der Waals surface area contributed by atoms with Crippen molar-refractivity contribution >= 4 is 0 Å². The maximum absolute atomic E-state index is 9.11. The lowest BCUT2D eigenvalue weighted by molar-refractivity contribution is 0.410. The average molecular weight is 255 g/mol. The van der Waals surface area contributed by atoms with Crippen LogP contribution in [-0.4, -0.2) is 16.7 Å². The first kappa shape index (κ1) is 13.2. The van der Waals surface area contributed by atoms with Crippen LogP contribution in [0.25, 0.3) is 11.4 Å². The molecule has 0 unspecified atom stereocenters. The van der Waals surface area contributed by atoms with Crippen molar-refractivity contribution in [1.82, 2.24) is 9.55 Å². The minimum absolute atomic E-state index is 0.601. The molecule has 0 fully saturated rings. The van der Waals surface area contributed by atoms with Crippen LogP contribution < -0.4 is 4.74 Å². The summed E-state index contributed by atoms with van der Waals surface area (Å²) in [6, 6.07) is 8.17. The third kappa shape index (κ3) is 2.19. The van der Waals surface area contributed by atoms with Gasteiger partial charge in [0.15, 0.2) is 0 Å². The number of benzene rings is 1. The Morgan fingerprint density at radius 1 is 1.42 bits per heavy atom. The second kappa shape index (κ2) is 5.15. The Bertz CT molecular complexity index is 650. The molecule has 0 aliphatic rings. The van der Waals surface area contributed by atoms with E-state index in [4.69, 9.17) is 10.00 Å². The van der Waals surface area contributed by atoms with Crippen LogP contribution in [0, 0.1) is 18.3 Å². The molecule has 0 aliphatic carbocycles. The van der Waals surface area contributed by atoms with Crippen LogP contribution in [0.3, 0.4) is 0 Å². The molecule has 98 valence electrons. The summed E-state index contributed by atoms with van der Waals surface area (Å²) in [6.07, 6.45) is 0.894. The number of methoxy groups -OCH3 is 1. The molecule has 1 aromatic heterocycles. The maximum Gasteiger partial charge on any atom is 0.143 e. The van der Waals surface area contributed by atoms with E-state index < -0.39 is 0 Å². The zero-order valence-electron chi connectivity index (χ0n) is 11.7. The van der Waals surface area contributed by atoms with Gasteiger partial charge in [0.1, 0.15) is 23.3 Å². The van der Waals surface area contributed by atoms with Crippen molar-refractivity contribution in [3.05, 3.63) is 35.2 Å². The standard InChI is InChI=1S/C15H17N3O/c1-5-11-8-12(6-7-14(11)19-4)15-17-10(2)13(9-16)18(15)3/h6-8H,5H2,1-4H3. The first-order valence-corrected chi connectivity index (χ1v) is 6.23. The second-order valence-corrected chi connectivity index (χ2v) is 4.42. The molecule has 0 aliphatic heterocycles. The van der Waals surface area contributed by atoms with Gasteiger partial charge in [-0.3, -0.25) is 0 Å². The van der Waals surface area contributed by atoms with Gasteiger partial charge >= 0.3 is 0 Å². The Kier molecular flexibility index (Phi) is 3.57. The van der Waals surface area contributed by atoms with Crippen LogP contribution in [0.5, 0.6) is 5.75 Å². The van der Waals surface area contributed by atoms with Gasteiger partial charge < -0.3 is 9.30 Å². The first-order chi connectivity index (χ1) is 9.12. The molecule has 0 saturated carbocycles. The van der Waals surface area contributed by atoms with Gasteiger partial charge in [-0.2, -0.15) is 5.26 Å². The third-order valence-corrected chi connectivity index (χ3v) is 3.29. The number of imidazole rings is 1. The van der Waals surface area contributed by atoms with Crippen LogP contribution in [-0.2, 0) is 13.5 Å². The van der Waals surface area contributed by atoms with Crippen molar-refractivity contribution in [3.8, 4) is 23.2 Å². The molecule has 2 aromatic rings. The first-order valence-electron chi connectivity index (χ1n) is 6.23. The summed E-state index contributed by atoms with van der Waals surface area (Å²) in [6.45, 7) is 3.94. The number of nitrogens with zero attached hydrogens (tertiary/aromatic N) is 3. The minimum Gasteiger partial charge on any atom is -0.496 e. The van der Waals surface area contributed by atoms with Crippen molar-refractivity contribution in [2.24, 2.45) is 7.05 Å². The molecule has 4 heteroatoms. The Morgan fingerprint density at radius 2 is 2.16 bits per heavy atom. The van der Waals surface area contributed by atoms with Crippen LogP contribution in [0.2, 0.25) is 0 Å². The fourth-order valence-electron chi connectivity index (χ4n) is 2.24. The van der Waals surface area contributed by atoms with Crippen molar-refractivity contribution in [2.75, 3.05) is 7.11 Å². The van der Waals surface area contributed by atoms with Crippen LogP contribution in [0.15, 0.2) is 18.2 Å². The lowest BCUT2D eigenvalue weighted by atomic mass is 10.1. The second-order valence-electron chi connectivity index (χ2n) is 4.42. The van der Waals surface area contributed by atoms with Crippen LogP contribution in [0.4, 0.5) is 0 Å². The number of nitriles is 1. The number of ether oxygens (including phenoxy) is 1. The summed E-state index contributed by atoms with van der Waals surface area (Å²) in [7, 11) is 3.54. The predicted octanol–water partition coefficient (Wildman–Crippen LogP) is 2.84. The molecular weight excluding hydrogens is 238 g/mol. The molecule has 2 rings (SSSR count). The molecule has 19 heavy (non-hydrogen) atoms. The van der Waals surface area contributed by atoms with E-state index in [1.54, 1.807) is 7.11 Å². The quantitative estimate of drug-likeness (QED) is 0.847. The van der Waals surface area contributed by atoms with Gasteiger partial charge in [-0.25, -0.2) is 4.98 Å². The summed E-state index contributed by atoms with van der Waals surface area (Å²) in [5, 5.41) is 9.11. The number of rotatable bonds is 3. The molecule has 0 spiro atoms. The van der Waals surface area contributed by atoms with Gasteiger partial charge in [0.2, 0.25) is 0 Å². The highest BCUT2D eigenvalue weighted by atomic mass is 16.5. The summed E-state index contributed by atoms with van der Waals surface area (Å²) in [5.41, 5.74) is 3.50. The molecule has 1 aromatic carbocycles. The zero-order chi connectivity index (χ0) is 14.0. The molecule has 0 saturated heterocycles. The monoisotopic (exact) mass is 255 g/mol. The number of aromatic nitrogens is 2. The topological polar surface area (TPSA) is 50.8 Å². The van der Waals surface area contributed by atoms with Crippen LogP contribution in [0.1, 0.15) is 23.9 Å². The molecule has 0 amide bonds. The molecule has 4 nitrogen and oxygen atoms in total. The van der Waals surface area contributed by atoms with Crippen LogP contribution >= 0.6 is 0 Å². The van der Waals surface area contributed by atoms with Gasteiger partial charge in [0.05, 0.1) is 12.8 Å². The minimum atomic E-state index is 0.601. The van der Waals surface area contributed by atoms with E-state index in [1.807, 2.05) is 30.7 Å². The van der Waals surface area contributed by atoms with Gasteiger partial charge in [-0.1, -0.05) is 6.92 Å². The Balaban J connectivity index is 2.57. The van der Waals surface area contributed by atoms with E-state index in [1.165, 1.54) is 0 Å². The zero-order valence-corrected chi connectivity index (χ0v) is 11.7. The van der Waals surface area contributed by atoms with Gasteiger partial charge in [0, 0.05) is 12.6 Å². The van der Waals surface area contributed by atoms with E-state index in [-0.39, 0.29) is 0 Å². The van der Waals surface area contributed by atoms with Crippen molar-refractivity contribution in [3.63, 3.8) is 0 Å². The van der Waals surface area contributed by atoms with Crippen molar-refractivity contribution in [2.45, 2.75) is 20.3 Å². The number of aryl methyl sites for hydroxylation is 2. The van der Waals surface area contributed by atoms with Gasteiger partial charge in [-0.05, 0) is 37.1 Å². The normalized spacial score (nSPS) is 10.3. The number of hydrogen-bond donors (Lipinski definition) is 0. The summed E-state index contributed by atoms with van der Waals surface area (Å²) >= 11 is 0. The summed E-state index contributed by atoms with van der Waals surface area (Å²) in [4.78, 5) is 4.48. The summed E-state index contributed by atoms with van der Waals surface area (Å²) in [5.74, 6) is 1.70. The Labute approximate surface area is 113 Å². The third-order valence-electron chi connectivity index (χ3n) is 3.29. The highest BCUT2D eigenvalue weighted by Crippen LogP contribution is 2.27. The lowest BCUT2D eigenvalue weighted by Crippen LogP contribution is -1.97.